The van der Waals surface area contributed by atoms with E-state index in [4.69, 9.17) is 0 Å². The van der Waals surface area contributed by atoms with E-state index in [9.17, 15) is 5.11 Å². The van der Waals surface area contributed by atoms with E-state index in [0.717, 1.165) is 11.1 Å². The van der Waals surface area contributed by atoms with Crippen LogP contribution in [-0.2, 0) is 5.41 Å². The van der Waals surface area contributed by atoms with Crippen LogP contribution in [0.2, 0.25) is 0 Å². The molecule has 0 atom stereocenters. The molecule has 5 aromatic rings. The average molecular weight is 441 g/mol. The first-order valence-electron chi connectivity index (χ1n) is 11.2. The van der Waals surface area contributed by atoms with E-state index in [-0.39, 0.29) is 5.41 Å². The lowest BCUT2D eigenvalue weighted by Crippen LogP contribution is -2.32. The molecule has 2 heteroatoms. The first kappa shape index (κ1) is 18.8. The molecule has 7 rings (SSSR count). The van der Waals surface area contributed by atoms with E-state index in [1.54, 1.807) is 6.07 Å². The highest BCUT2D eigenvalue weighted by atomic mass is 32.2. The molecule has 33 heavy (non-hydrogen) atoms. The Hall–Kier alpha value is -3.75. The molecular formula is C31H20OS. The number of phenols is 1. The molecule has 0 saturated carbocycles. The second-order valence-electron chi connectivity index (χ2n) is 8.67. The Labute approximate surface area is 197 Å². The fraction of sp³-hybridized carbons (Fsp3) is 0.0323. The van der Waals surface area contributed by atoms with Gasteiger partial charge in [0.25, 0.3) is 0 Å². The molecule has 0 aromatic heterocycles. The Morgan fingerprint density at radius 2 is 1.03 bits per heavy atom. The number of aromatic hydroxyl groups is 1. The fourth-order valence-corrected chi connectivity index (χ4v) is 6.91. The standard InChI is InChI=1S/C31H20OS/c32-28-15-7-3-9-21(28)20-17-18-30-27(19-20)31(26-14-6-8-16-29(26)33-30)24-12-4-1-10-22(24)23-11-2-5-13-25(23)31/h1-19,32H. The van der Waals surface area contributed by atoms with Gasteiger partial charge in [0.05, 0.1) is 5.41 Å². The number of rotatable bonds is 1. The molecule has 1 nitrogen and oxygen atoms in total. The largest absolute Gasteiger partial charge is 0.507 e. The van der Waals surface area contributed by atoms with Crippen LogP contribution in [0.1, 0.15) is 22.3 Å². The van der Waals surface area contributed by atoms with Gasteiger partial charge in [-0.05, 0) is 63.2 Å². The summed E-state index contributed by atoms with van der Waals surface area (Å²) in [6.07, 6.45) is 0. The molecule has 0 saturated heterocycles. The third-order valence-electron chi connectivity index (χ3n) is 7.06. The monoisotopic (exact) mass is 440 g/mol. The summed E-state index contributed by atoms with van der Waals surface area (Å²) in [5.74, 6) is 0.308. The van der Waals surface area contributed by atoms with E-state index in [1.165, 1.54) is 43.2 Å². The maximum atomic E-state index is 10.6. The smallest absolute Gasteiger partial charge is 0.123 e. The molecule has 0 amide bonds. The summed E-state index contributed by atoms with van der Waals surface area (Å²) in [4.78, 5) is 2.56. The lowest BCUT2D eigenvalue weighted by atomic mass is 9.67. The molecular weight excluding hydrogens is 420 g/mol. The highest BCUT2D eigenvalue weighted by Gasteiger charge is 2.50. The SMILES string of the molecule is Oc1ccccc1-c1ccc2c(c1)C1(c3ccccc3S2)c2ccccc2-c2ccccc21. The first-order chi connectivity index (χ1) is 16.3. The van der Waals surface area contributed by atoms with Crippen LogP contribution in [0.15, 0.2) is 125 Å². The van der Waals surface area contributed by atoms with Crippen molar-refractivity contribution >= 4 is 11.8 Å². The second-order valence-corrected chi connectivity index (χ2v) is 9.75. The second kappa shape index (κ2) is 6.87. The van der Waals surface area contributed by atoms with Gasteiger partial charge in [-0.1, -0.05) is 103 Å². The Morgan fingerprint density at radius 3 is 1.73 bits per heavy atom. The minimum Gasteiger partial charge on any atom is -0.507 e. The minimum atomic E-state index is -0.384. The van der Waals surface area contributed by atoms with Crippen LogP contribution in [0.4, 0.5) is 0 Å². The van der Waals surface area contributed by atoms with Gasteiger partial charge in [0.2, 0.25) is 0 Å². The number of benzene rings is 5. The van der Waals surface area contributed by atoms with Crippen molar-refractivity contribution in [1.82, 2.24) is 0 Å². The molecule has 1 aliphatic carbocycles. The van der Waals surface area contributed by atoms with Gasteiger partial charge in [-0.25, -0.2) is 0 Å². The summed E-state index contributed by atoms with van der Waals surface area (Å²) >= 11 is 1.84. The van der Waals surface area contributed by atoms with Crippen LogP contribution in [0.5, 0.6) is 5.75 Å². The third-order valence-corrected chi connectivity index (χ3v) is 8.21. The Balaban J connectivity index is 1.63. The van der Waals surface area contributed by atoms with E-state index in [2.05, 4.69) is 91.0 Å². The maximum Gasteiger partial charge on any atom is 0.123 e. The zero-order chi connectivity index (χ0) is 22.0. The van der Waals surface area contributed by atoms with Gasteiger partial charge >= 0.3 is 0 Å². The van der Waals surface area contributed by atoms with Gasteiger partial charge in [-0.2, -0.15) is 0 Å². The van der Waals surface area contributed by atoms with Crippen molar-refractivity contribution < 1.29 is 5.11 Å². The zero-order valence-electron chi connectivity index (χ0n) is 17.8. The number of hydrogen-bond acceptors (Lipinski definition) is 2. The number of phenolic OH excluding ortho intramolecular Hbond substituents is 1. The topological polar surface area (TPSA) is 20.2 Å². The minimum absolute atomic E-state index is 0.308. The zero-order valence-corrected chi connectivity index (χ0v) is 18.6. The van der Waals surface area contributed by atoms with Crippen molar-refractivity contribution in [3.05, 3.63) is 138 Å². The summed E-state index contributed by atoms with van der Waals surface area (Å²) in [7, 11) is 0. The molecule has 1 N–H and O–H groups in total. The first-order valence-corrected chi connectivity index (χ1v) is 12.0. The molecule has 5 aromatic carbocycles. The molecule has 1 spiro atoms. The van der Waals surface area contributed by atoms with Crippen LogP contribution in [-0.4, -0.2) is 5.11 Å². The molecule has 1 aliphatic heterocycles. The van der Waals surface area contributed by atoms with Gasteiger partial charge in [-0.3, -0.25) is 0 Å². The maximum absolute atomic E-state index is 10.6. The fourth-order valence-electron chi connectivity index (χ4n) is 5.74. The molecule has 0 radical (unpaired) electrons. The molecule has 0 unspecified atom stereocenters. The van der Waals surface area contributed by atoms with E-state index < -0.39 is 0 Å². The third kappa shape index (κ3) is 2.44. The number of hydrogen-bond donors (Lipinski definition) is 1. The highest BCUT2D eigenvalue weighted by molar-refractivity contribution is 7.99. The molecule has 2 aliphatic rings. The molecule has 156 valence electrons. The summed E-state index contributed by atoms with van der Waals surface area (Å²) in [6.45, 7) is 0. The molecule has 1 heterocycles. The van der Waals surface area contributed by atoms with Crippen LogP contribution < -0.4 is 0 Å². The quantitative estimate of drug-likeness (QED) is 0.280. The van der Waals surface area contributed by atoms with Crippen LogP contribution >= 0.6 is 11.8 Å². The summed E-state index contributed by atoms with van der Waals surface area (Å²) in [5.41, 5.74) is 9.38. The lowest BCUT2D eigenvalue weighted by Gasteiger charge is -2.40. The Morgan fingerprint density at radius 1 is 0.485 bits per heavy atom. The van der Waals surface area contributed by atoms with E-state index in [0.29, 0.717) is 5.75 Å². The van der Waals surface area contributed by atoms with E-state index >= 15 is 0 Å². The van der Waals surface area contributed by atoms with Crippen molar-refractivity contribution in [2.24, 2.45) is 0 Å². The van der Waals surface area contributed by atoms with Crippen molar-refractivity contribution in [1.29, 1.82) is 0 Å². The summed E-state index contributed by atoms with van der Waals surface area (Å²) < 4.78 is 0. The van der Waals surface area contributed by atoms with Crippen molar-refractivity contribution in [2.75, 3.05) is 0 Å². The molecule has 0 fully saturated rings. The van der Waals surface area contributed by atoms with Crippen molar-refractivity contribution in [3.8, 4) is 28.0 Å². The summed E-state index contributed by atoms with van der Waals surface area (Å²) in [6, 6.07) is 40.7. The lowest BCUT2D eigenvalue weighted by molar-refractivity contribution is 0.477. The van der Waals surface area contributed by atoms with Crippen LogP contribution in [0.3, 0.4) is 0 Å². The predicted octanol–water partition coefficient (Wildman–Crippen LogP) is 7.89. The number of para-hydroxylation sites is 1. The summed E-state index contributed by atoms with van der Waals surface area (Å²) in [5, 5.41) is 10.6. The predicted molar refractivity (Wildman–Crippen MR) is 135 cm³/mol. The Bertz CT molecular complexity index is 1520. The van der Waals surface area contributed by atoms with E-state index in [1.807, 2.05) is 30.0 Å². The highest BCUT2D eigenvalue weighted by Crippen LogP contribution is 2.62. The molecule has 0 bridgehead atoms. The van der Waals surface area contributed by atoms with Gasteiger partial charge in [0.15, 0.2) is 0 Å². The van der Waals surface area contributed by atoms with Crippen LogP contribution in [0.25, 0.3) is 22.3 Å². The van der Waals surface area contributed by atoms with Crippen molar-refractivity contribution in [2.45, 2.75) is 15.2 Å². The van der Waals surface area contributed by atoms with Gasteiger partial charge < -0.3 is 5.11 Å². The average Bonchev–Trinajstić information content (AvgIpc) is 3.16. The van der Waals surface area contributed by atoms with Crippen molar-refractivity contribution in [3.63, 3.8) is 0 Å². The van der Waals surface area contributed by atoms with Gasteiger partial charge in [-0.15, -0.1) is 0 Å². The van der Waals surface area contributed by atoms with Gasteiger partial charge in [0.1, 0.15) is 5.75 Å². The van der Waals surface area contributed by atoms with Gasteiger partial charge in [0, 0.05) is 15.4 Å². The number of fused-ring (bicyclic) bond motifs is 9. The Kier molecular flexibility index (Phi) is 3.91. The van der Waals surface area contributed by atoms with Crippen LogP contribution in [0, 0.1) is 0 Å². The normalized spacial score (nSPS) is 14.3.